The topological polar surface area (TPSA) is 108 Å². The zero-order chi connectivity index (χ0) is 59.1. The fourth-order valence-electron chi connectivity index (χ4n) is 9.28. The molecular weight excluding hydrogens is 1010 g/mol. The summed E-state index contributed by atoms with van der Waals surface area (Å²) < 4.78 is 22.7. The van der Waals surface area contributed by atoms with Crippen LogP contribution >= 0.6 is 0 Å². The van der Waals surface area contributed by atoms with Gasteiger partial charge >= 0.3 is 17.9 Å². The van der Waals surface area contributed by atoms with E-state index in [2.05, 4.69) is 92.8 Å². The number of allylic oxidation sites excluding steroid dienone is 15. The van der Waals surface area contributed by atoms with Crippen molar-refractivity contribution in [2.75, 3.05) is 47.5 Å². The average Bonchev–Trinajstić information content (AvgIpc) is 3.44. The number of nitrogens with zero attached hydrogens (tertiary/aromatic N) is 1. The molecule has 0 aliphatic carbocycles. The zero-order valence-corrected chi connectivity index (χ0v) is 53.2. The van der Waals surface area contributed by atoms with Crippen LogP contribution in [0.15, 0.2) is 97.2 Å². The molecule has 466 valence electrons. The smallest absolute Gasteiger partial charge is 0.361 e. The van der Waals surface area contributed by atoms with Gasteiger partial charge in [-0.2, -0.15) is 0 Å². The first-order valence-electron chi connectivity index (χ1n) is 33.4. The number of hydrogen-bond donors (Lipinski definition) is 1. The monoisotopic (exact) mass is 1130 g/mol. The minimum Gasteiger partial charge on any atom is -0.477 e. The van der Waals surface area contributed by atoms with Gasteiger partial charge in [0.1, 0.15) is 13.2 Å². The standard InChI is InChI=1S/C72H125NO8/c1-6-8-10-12-14-16-18-20-22-23-24-25-26-27-28-29-30-31-32-33-34-35-36-37-38-39-40-41-42-43-44-45-46-47-49-50-52-54-56-58-60-62-69(74)79-66-68(67-80-72(71(76)77)78-65-64-73(3,4)5)81-70(75)63-61-59-57-55-53-51-48-21-19-17-15-13-11-9-7-2/h9,11,15,17-18,20-21,23-24,26-27,48,53,55,59,61,68,72H,6-8,10,12-14,16,19,22,25,28-47,49-52,54,56-58,60,62-67H2,1-5H3/p+1/b11-9-,17-15-,20-18-,24-23-,27-26-,48-21-,55-53-,61-59-. The van der Waals surface area contributed by atoms with Crippen LogP contribution in [0.25, 0.3) is 0 Å². The first kappa shape index (κ1) is 77.2. The first-order chi connectivity index (χ1) is 39.6. The second kappa shape index (κ2) is 62.3. The molecule has 0 aromatic heterocycles. The molecule has 0 saturated carbocycles. The van der Waals surface area contributed by atoms with Crippen molar-refractivity contribution in [2.45, 2.75) is 296 Å². The number of carbonyl (C=O) groups is 3. The van der Waals surface area contributed by atoms with Gasteiger partial charge in [-0.3, -0.25) is 9.59 Å². The maximum absolute atomic E-state index is 12.8. The summed E-state index contributed by atoms with van der Waals surface area (Å²) in [5, 5.41) is 9.69. The number of hydrogen-bond acceptors (Lipinski definition) is 7. The van der Waals surface area contributed by atoms with Gasteiger partial charge in [-0.25, -0.2) is 4.79 Å². The summed E-state index contributed by atoms with van der Waals surface area (Å²) >= 11 is 0. The lowest BCUT2D eigenvalue weighted by Gasteiger charge is -2.25. The minimum atomic E-state index is -1.54. The third kappa shape index (κ3) is 63.6. The Morgan fingerprint density at radius 2 is 0.741 bits per heavy atom. The molecular formula is C72H126NO8+. The van der Waals surface area contributed by atoms with E-state index >= 15 is 0 Å². The van der Waals surface area contributed by atoms with Crippen LogP contribution in [0.3, 0.4) is 0 Å². The third-order valence-electron chi connectivity index (χ3n) is 14.4. The number of rotatable bonds is 61. The van der Waals surface area contributed by atoms with Crippen LogP contribution in [-0.2, 0) is 33.3 Å². The molecule has 1 N–H and O–H groups in total. The summed E-state index contributed by atoms with van der Waals surface area (Å²) in [6, 6.07) is 0. The molecule has 0 aromatic carbocycles. The van der Waals surface area contributed by atoms with Crippen molar-refractivity contribution in [1.29, 1.82) is 0 Å². The molecule has 0 aromatic rings. The van der Waals surface area contributed by atoms with Gasteiger partial charge in [0.2, 0.25) is 0 Å². The Labute approximate surface area is 499 Å². The molecule has 9 nitrogen and oxygen atoms in total. The molecule has 0 rings (SSSR count). The van der Waals surface area contributed by atoms with Gasteiger partial charge in [-0.1, -0.05) is 291 Å². The highest BCUT2D eigenvalue weighted by Gasteiger charge is 2.25. The summed E-state index contributed by atoms with van der Waals surface area (Å²) in [5.41, 5.74) is 0. The molecule has 9 heteroatoms. The van der Waals surface area contributed by atoms with Crippen LogP contribution in [0, 0.1) is 0 Å². The van der Waals surface area contributed by atoms with Gasteiger partial charge in [0, 0.05) is 6.42 Å². The quantitative estimate of drug-likeness (QED) is 0.0211. The number of likely N-dealkylation sites (N-methyl/N-ethyl adjacent to an activating group) is 1. The number of carbonyl (C=O) groups excluding carboxylic acids is 2. The van der Waals surface area contributed by atoms with Crippen molar-refractivity contribution in [3.63, 3.8) is 0 Å². The van der Waals surface area contributed by atoms with Crippen LogP contribution in [0.1, 0.15) is 284 Å². The van der Waals surface area contributed by atoms with Gasteiger partial charge in [0.15, 0.2) is 6.10 Å². The van der Waals surface area contributed by atoms with Crippen LogP contribution in [-0.4, -0.2) is 87.4 Å². The Morgan fingerprint density at radius 3 is 1.11 bits per heavy atom. The lowest BCUT2D eigenvalue weighted by Crippen LogP contribution is -2.40. The lowest BCUT2D eigenvalue weighted by atomic mass is 10.0. The third-order valence-corrected chi connectivity index (χ3v) is 14.4. The SMILES string of the molecule is CC/C=C\C/C=C\C/C=C\C/C=C\C/C=C\CC(=O)OC(COC(=O)CCCCCCCCCCCCCCCCCCCCCCCCCCCC/C=C\C/C=C\C/C=C\CCCCCCC)COC(OCC[N+](C)(C)C)C(=O)O. The fourth-order valence-corrected chi connectivity index (χ4v) is 9.28. The molecule has 0 amide bonds. The van der Waals surface area contributed by atoms with Crippen molar-refractivity contribution >= 4 is 17.9 Å². The van der Waals surface area contributed by atoms with E-state index < -0.39 is 24.3 Å². The number of carboxylic acid groups (broad SMARTS) is 1. The van der Waals surface area contributed by atoms with Gasteiger partial charge in [-0.15, -0.1) is 0 Å². The number of carboxylic acids is 1. The van der Waals surface area contributed by atoms with Crippen LogP contribution in [0.4, 0.5) is 0 Å². The number of unbranched alkanes of at least 4 members (excludes halogenated alkanes) is 31. The van der Waals surface area contributed by atoms with Gasteiger partial charge in [-0.05, 0) is 77.0 Å². The predicted molar refractivity (Wildman–Crippen MR) is 345 cm³/mol. The maximum atomic E-state index is 12.8. The van der Waals surface area contributed by atoms with E-state index in [4.69, 9.17) is 18.9 Å². The number of ether oxygens (including phenoxy) is 4. The van der Waals surface area contributed by atoms with E-state index in [9.17, 15) is 19.5 Å². The highest BCUT2D eigenvalue weighted by atomic mass is 16.7. The van der Waals surface area contributed by atoms with Crippen molar-refractivity contribution in [1.82, 2.24) is 0 Å². The lowest BCUT2D eigenvalue weighted by molar-refractivity contribution is -0.870. The second-order valence-electron chi connectivity index (χ2n) is 23.4. The van der Waals surface area contributed by atoms with Crippen LogP contribution in [0.2, 0.25) is 0 Å². The van der Waals surface area contributed by atoms with E-state index in [0.29, 0.717) is 17.4 Å². The van der Waals surface area contributed by atoms with Crippen molar-refractivity contribution in [3.8, 4) is 0 Å². The molecule has 2 unspecified atom stereocenters. The molecule has 2 atom stereocenters. The summed E-state index contributed by atoms with van der Waals surface area (Å²) in [4.78, 5) is 37.3. The van der Waals surface area contributed by atoms with E-state index in [1.807, 2.05) is 33.3 Å². The van der Waals surface area contributed by atoms with E-state index in [-0.39, 0.29) is 38.6 Å². The molecule has 0 spiro atoms. The molecule has 0 saturated heterocycles. The van der Waals surface area contributed by atoms with E-state index in [1.165, 1.54) is 193 Å². The van der Waals surface area contributed by atoms with Gasteiger partial charge < -0.3 is 28.5 Å². The largest absolute Gasteiger partial charge is 0.477 e. The number of esters is 2. The summed E-state index contributed by atoms with van der Waals surface area (Å²) in [5.74, 6) is -2.17. The van der Waals surface area contributed by atoms with E-state index in [1.54, 1.807) is 6.08 Å². The maximum Gasteiger partial charge on any atom is 0.361 e. The Balaban J connectivity index is 3.96. The van der Waals surface area contributed by atoms with Crippen LogP contribution < -0.4 is 0 Å². The highest BCUT2D eigenvalue weighted by Crippen LogP contribution is 2.17. The first-order valence-corrected chi connectivity index (χ1v) is 33.4. The summed E-state index contributed by atoms with van der Waals surface area (Å²) in [7, 11) is 5.94. The molecule has 0 radical (unpaired) electrons. The fraction of sp³-hybridized carbons (Fsp3) is 0.736. The Morgan fingerprint density at radius 1 is 0.395 bits per heavy atom. The number of quaternary nitrogens is 1. The zero-order valence-electron chi connectivity index (χ0n) is 53.2. The van der Waals surface area contributed by atoms with E-state index in [0.717, 1.165) is 57.8 Å². The van der Waals surface area contributed by atoms with Crippen molar-refractivity contribution in [2.24, 2.45) is 0 Å². The summed E-state index contributed by atoms with van der Waals surface area (Å²) in [6.07, 6.45) is 83.0. The predicted octanol–water partition coefficient (Wildman–Crippen LogP) is 20.5. The molecule has 81 heavy (non-hydrogen) atoms. The van der Waals surface area contributed by atoms with Gasteiger partial charge in [0.25, 0.3) is 6.29 Å². The van der Waals surface area contributed by atoms with Crippen molar-refractivity contribution < 1.29 is 42.9 Å². The number of aliphatic carboxylic acids is 1. The Bertz CT molecular complexity index is 1650. The molecule has 0 fully saturated rings. The molecule has 0 aliphatic rings. The van der Waals surface area contributed by atoms with Crippen LogP contribution in [0.5, 0.6) is 0 Å². The average molecular weight is 1130 g/mol. The molecule has 0 aliphatic heterocycles. The van der Waals surface area contributed by atoms with Crippen molar-refractivity contribution in [3.05, 3.63) is 97.2 Å². The second-order valence-corrected chi connectivity index (χ2v) is 23.4. The normalized spacial score (nSPS) is 13.3. The Hall–Kier alpha value is -3.79. The minimum absolute atomic E-state index is 0.0260. The Kier molecular flexibility index (Phi) is 59.3. The molecule has 0 heterocycles. The highest BCUT2D eigenvalue weighted by molar-refractivity contribution is 5.72. The van der Waals surface area contributed by atoms with Gasteiger partial charge in [0.05, 0.1) is 40.8 Å². The molecule has 0 bridgehead atoms. The summed E-state index contributed by atoms with van der Waals surface area (Å²) in [6.45, 7) is 4.65.